The molecule has 0 saturated carbocycles. The first kappa shape index (κ1) is 14.8. The summed E-state index contributed by atoms with van der Waals surface area (Å²) in [6.45, 7) is 5.08. The summed E-state index contributed by atoms with van der Waals surface area (Å²) in [6.07, 6.45) is 2.27. The third-order valence-corrected chi connectivity index (χ3v) is 4.21. The van der Waals surface area contributed by atoms with Crippen LogP contribution in [0.3, 0.4) is 0 Å². The molecule has 1 aromatic carbocycles. The zero-order valence-electron chi connectivity index (χ0n) is 12.9. The molecule has 1 aromatic heterocycles. The van der Waals surface area contributed by atoms with Crippen LogP contribution in [0.4, 0.5) is 0 Å². The van der Waals surface area contributed by atoms with E-state index in [0.29, 0.717) is 13.0 Å². The molecule has 1 N–H and O–H groups in total. The largest absolute Gasteiger partial charge is 0.333 e. The lowest BCUT2D eigenvalue weighted by Gasteiger charge is -2.36. The third-order valence-electron chi connectivity index (χ3n) is 4.21. The first-order valence-electron chi connectivity index (χ1n) is 7.79. The first-order chi connectivity index (χ1) is 10.8. The Morgan fingerprint density at radius 1 is 1.32 bits per heavy atom. The van der Waals surface area contributed by atoms with Crippen molar-refractivity contribution in [2.75, 3.05) is 19.6 Å². The van der Waals surface area contributed by atoms with Crippen molar-refractivity contribution in [2.24, 2.45) is 0 Å². The second-order valence-electron chi connectivity index (χ2n) is 5.66. The molecule has 0 unspecified atom stereocenters. The topological polar surface area (TPSA) is 50.2 Å². The average Bonchev–Trinajstić information content (AvgIpc) is 2.98. The van der Waals surface area contributed by atoms with E-state index in [-0.39, 0.29) is 11.9 Å². The maximum atomic E-state index is 12.6. The summed E-state index contributed by atoms with van der Waals surface area (Å²) in [5, 5.41) is 7.63. The van der Waals surface area contributed by atoms with Gasteiger partial charge in [-0.15, -0.1) is 0 Å². The molecule has 1 aliphatic rings. The molecular weight excluding hydrogens is 276 g/mol. The van der Waals surface area contributed by atoms with Gasteiger partial charge in [-0.3, -0.25) is 9.48 Å². The summed E-state index contributed by atoms with van der Waals surface area (Å²) in [6, 6.07) is 12.3. The summed E-state index contributed by atoms with van der Waals surface area (Å²) < 4.78 is 1.89. The van der Waals surface area contributed by atoms with Crippen LogP contribution in [-0.4, -0.2) is 40.2 Å². The molecule has 0 aliphatic carbocycles. The van der Waals surface area contributed by atoms with E-state index in [1.807, 2.05) is 40.8 Å². The summed E-state index contributed by atoms with van der Waals surface area (Å²) in [5.41, 5.74) is 2.28. The number of hydrogen-bond donors (Lipinski definition) is 1. The summed E-state index contributed by atoms with van der Waals surface area (Å²) in [4.78, 5) is 14.6. The Balaban J connectivity index is 1.68. The predicted molar refractivity (Wildman–Crippen MR) is 85.3 cm³/mol. The van der Waals surface area contributed by atoms with Crippen LogP contribution in [0, 0.1) is 6.92 Å². The van der Waals surface area contributed by atoms with Gasteiger partial charge in [-0.25, -0.2) is 0 Å². The van der Waals surface area contributed by atoms with Gasteiger partial charge in [0.25, 0.3) is 0 Å². The number of amides is 1. The number of aryl methyl sites for hydroxylation is 2. The highest BCUT2D eigenvalue weighted by Gasteiger charge is 2.27. The Labute approximate surface area is 130 Å². The number of benzene rings is 1. The molecule has 1 saturated heterocycles. The van der Waals surface area contributed by atoms with Crippen LogP contribution >= 0.6 is 0 Å². The maximum Gasteiger partial charge on any atom is 0.225 e. The highest BCUT2D eigenvalue weighted by molar-refractivity contribution is 5.76. The predicted octanol–water partition coefficient (Wildman–Crippen LogP) is 1.75. The number of carbonyl (C=O) groups excluding carboxylic acids is 1. The fourth-order valence-electron chi connectivity index (χ4n) is 2.95. The van der Waals surface area contributed by atoms with Gasteiger partial charge in [-0.05, 0) is 18.6 Å². The average molecular weight is 298 g/mol. The molecule has 1 atom stereocenters. The molecule has 22 heavy (non-hydrogen) atoms. The molecule has 116 valence electrons. The fourth-order valence-corrected chi connectivity index (χ4v) is 2.95. The normalized spacial score (nSPS) is 18.4. The van der Waals surface area contributed by atoms with Crippen LogP contribution in [0.25, 0.3) is 0 Å². The van der Waals surface area contributed by atoms with Crippen LogP contribution in [0.1, 0.15) is 23.7 Å². The summed E-state index contributed by atoms with van der Waals surface area (Å²) >= 11 is 0. The standard InChI is InChI=1S/C17H22N4O/c1-14-7-9-19-21(14)11-8-17(22)20-12-10-18-13-16(20)15-5-3-2-4-6-15/h2-7,9,16,18H,8,10-13H2,1H3/t16-/m1/s1. The van der Waals surface area contributed by atoms with Gasteiger partial charge in [0.1, 0.15) is 0 Å². The highest BCUT2D eigenvalue weighted by atomic mass is 16.2. The van der Waals surface area contributed by atoms with Crippen molar-refractivity contribution in [3.8, 4) is 0 Å². The van der Waals surface area contributed by atoms with E-state index >= 15 is 0 Å². The van der Waals surface area contributed by atoms with Gasteiger partial charge in [0.05, 0.1) is 6.04 Å². The molecule has 5 nitrogen and oxygen atoms in total. The third kappa shape index (κ3) is 3.20. The number of nitrogens with zero attached hydrogens (tertiary/aromatic N) is 3. The number of aromatic nitrogens is 2. The number of piperazine rings is 1. The van der Waals surface area contributed by atoms with E-state index in [9.17, 15) is 4.79 Å². The minimum atomic E-state index is 0.126. The maximum absolute atomic E-state index is 12.6. The van der Waals surface area contributed by atoms with E-state index in [0.717, 1.165) is 25.3 Å². The minimum Gasteiger partial charge on any atom is -0.333 e. The van der Waals surface area contributed by atoms with Gasteiger partial charge in [0.15, 0.2) is 0 Å². The van der Waals surface area contributed by atoms with Gasteiger partial charge >= 0.3 is 0 Å². The molecule has 3 rings (SSSR count). The molecule has 1 fully saturated rings. The smallest absolute Gasteiger partial charge is 0.225 e. The number of carbonyl (C=O) groups is 1. The zero-order valence-corrected chi connectivity index (χ0v) is 12.9. The van der Waals surface area contributed by atoms with Crippen LogP contribution < -0.4 is 5.32 Å². The lowest BCUT2D eigenvalue weighted by Crippen LogP contribution is -2.48. The van der Waals surface area contributed by atoms with Crippen molar-refractivity contribution in [3.05, 3.63) is 53.9 Å². The van der Waals surface area contributed by atoms with Crippen molar-refractivity contribution in [2.45, 2.75) is 25.9 Å². The Morgan fingerprint density at radius 3 is 2.86 bits per heavy atom. The van der Waals surface area contributed by atoms with Gasteiger partial charge in [0, 0.05) is 44.5 Å². The van der Waals surface area contributed by atoms with E-state index in [4.69, 9.17) is 0 Å². The van der Waals surface area contributed by atoms with Crippen LogP contribution in [-0.2, 0) is 11.3 Å². The van der Waals surface area contributed by atoms with E-state index < -0.39 is 0 Å². The SMILES string of the molecule is Cc1ccnn1CCC(=O)N1CCNC[C@@H]1c1ccccc1. The molecule has 0 radical (unpaired) electrons. The van der Waals surface area contributed by atoms with Crippen LogP contribution in [0.2, 0.25) is 0 Å². The molecular formula is C17H22N4O. The van der Waals surface area contributed by atoms with Crippen molar-refractivity contribution >= 4 is 5.91 Å². The molecule has 1 amide bonds. The van der Waals surface area contributed by atoms with Crippen molar-refractivity contribution in [1.29, 1.82) is 0 Å². The quantitative estimate of drug-likeness (QED) is 0.935. The Hall–Kier alpha value is -2.14. The Bertz CT molecular complexity index is 623. The summed E-state index contributed by atoms with van der Waals surface area (Å²) in [5.74, 6) is 0.199. The highest BCUT2D eigenvalue weighted by Crippen LogP contribution is 2.22. The lowest BCUT2D eigenvalue weighted by molar-refractivity contribution is -0.134. The van der Waals surface area contributed by atoms with Crippen molar-refractivity contribution < 1.29 is 4.79 Å². The van der Waals surface area contributed by atoms with Gasteiger partial charge in [0.2, 0.25) is 5.91 Å². The zero-order chi connectivity index (χ0) is 15.4. The van der Waals surface area contributed by atoms with E-state index in [2.05, 4.69) is 22.5 Å². The number of rotatable bonds is 4. The van der Waals surface area contributed by atoms with Gasteiger partial charge in [-0.1, -0.05) is 30.3 Å². The number of hydrogen-bond acceptors (Lipinski definition) is 3. The van der Waals surface area contributed by atoms with Gasteiger partial charge in [-0.2, -0.15) is 5.10 Å². The fraction of sp³-hybridized carbons (Fsp3) is 0.412. The van der Waals surface area contributed by atoms with E-state index in [1.165, 1.54) is 5.56 Å². The minimum absolute atomic E-state index is 0.126. The summed E-state index contributed by atoms with van der Waals surface area (Å²) in [7, 11) is 0. The molecule has 2 heterocycles. The Kier molecular flexibility index (Phi) is 4.53. The van der Waals surface area contributed by atoms with Crippen LogP contribution in [0.5, 0.6) is 0 Å². The first-order valence-corrected chi connectivity index (χ1v) is 7.79. The molecule has 2 aromatic rings. The molecule has 0 bridgehead atoms. The monoisotopic (exact) mass is 298 g/mol. The molecule has 5 heteroatoms. The van der Waals surface area contributed by atoms with Crippen molar-refractivity contribution in [1.82, 2.24) is 20.0 Å². The van der Waals surface area contributed by atoms with Crippen LogP contribution in [0.15, 0.2) is 42.6 Å². The molecule has 0 spiro atoms. The second kappa shape index (κ2) is 6.75. The van der Waals surface area contributed by atoms with Crippen molar-refractivity contribution in [3.63, 3.8) is 0 Å². The molecule has 1 aliphatic heterocycles. The second-order valence-corrected chi connectivity index (χ2v) is 5.66. The lowest BCUT2D eigenvalue weighted by atomic mass is 10.0. The number of nitrogens with one attached hydrogen (secondary N) is 1. The van der Waals surface area contributed by atoms with Gasteiger partial charge < -0.3 is 10.2 Å². The van der Waals surface area contributed by atoms with E-state index in [1.54, 1.807) is 6.20 Å². The Morgan fingerprint density at radius 2 is 2.14 bits per heavy atom.